The molecule has 8 nitrogen and oxygen atoms in total. The third-order valence-electron chi connectivity index (χ3n) is 2.66. The normalized spacial score (nSPS) is 11.6. The number of nitrogens with two attached hydrogens (primary N) is 1. The standard InChI is InChI=1S/C13H17N5O3/c1-9-16-12(18-21-9)8-15-6-7-20-11-4-2-10(3-5-11)13(14)17-19/h2-5,15,19H,6-8H2,1H3,(H2,14,17). The van der Waals surface area contributed by atoms with Crippen molar-refractivity contribution in [2.24, 2.45) is 10.9 Å². The largest absolute Gasteiger partial charge is 0.492 e. The summed E-state index contributed by atoms with van der Waals surface area (Å²) in [6, 6.07) is 6.96. The molecule has 0 spiro atoms. The first-order valence-electron chi connectivity index (χ1n) is 6.39. The van der Waals surface area contributed by atoms with Gasteiger partial charge in [0.25, 0.3) is 0 Å². The van der Waals surface area contributed by atoms with Gasteiger partial charge in [0.2, 0.25) is 5.89 Å². The molecule has 0 atom stereocenters. The van der Waals surface area contributed by atoms with Crippen LogP contribution in [0.15, 0.2) is 33.9 Å². The molecule has 2 aromatic rings. The SMILES string of the molecule is Cc1nc(CNCCOc2ccc(/C(N)=N/O)cc2)no1. The number of aromatic nitrogens is 2. The second-order valence-electron chi connectivity index (χ2n) is 4.26. The minimum atomic E-state index is 0.0682. The summed E-state index contributed by atoms with van der Waals surface area (Å²) in [6.45, 7) is 3.43. The van der Waals surface area contributed by atoms with Gasteiger partial charge in [0.05, 0.1) is 6.54 Å². The molecule has 0 saturated heterocycles. The summed E-state index contributed by atoms with van der Waals surface area (Å²) in [6.07, 6.45) is 0. The van der Waals surface area contributed by atoms with E-state index >= 15 is 0 Å². The minimum Gasteiger partial charge on any atom is -0.492 e. The van der Waals surface area contributed by atoms with Gasteiger partial charge in [-0.2, -0.15) is 4.98 Å². The molecule has 1 aromatic heterocycles. The molecule has 1 aromatic carbocycles. The first kappa shape index (κ1) is 14.8. The van der Waals surface area contributed by atoms with Crippen molar-refractivity contribution in [2.75, 3.05) is 13.2 Å². The molecule has 0 aliphatic heterocycles. The van der Waals surface area contributed by atoms with Crippen LogP contribution >= 0.6 is 0 Å². The Morgan fingerprint density at radius 1 is 1.43 bits per heavy atom. The molecule has 0 aliphatic rings. The van der Waals surface area contributed by atoms with Crippen molar-refractivity contribution in [1.82, 2.24) is 15.5 Å². The number of oxime groups is 1. The number of nitrogens with one attached hydrogen (secondary N) is 1. The summed E-state index contributed by atoms with van der Waals surface area (Å²) < 4.78 is 10.4. The van der Waals surface area contributed by atoms with E-state index in [0.717, 1.165) is 0 Å². The number of hydrogen-bond donors (Lipinski definition) is 3. The lowest BCUT2D eigenvalue weighted by Crippen LogP contribution is -2.21. The third kappa shape index (κ3) is 4.46. The van der Waals surface area contributed by atoms with Crippen molar-refractivity contribution in [3.63, 3.8) is 0 Å². The van der Waals surface area contributed by atoms with Crippen LogP contribution in [-0.2, 0) is 6.54 Å². The summed E-state index contributed by atoms with van der Waals surface area (Å²) >= 11 is 0. The van der Waals surface area contributed by atoms with Gasteiger partial charge in [-0.25, -0.2) is 0 Å². The van der Waals surface area contributed by atoms with Gasteiger partial charge < -0.3 is 25.5 Å². The second kappa shape index (κ2) is 7.25. The topological polar surface area (TPSA) is 119 Å². The van der Waals surface area contributed by atoms with Crippen LogP contribution in [0, 0.1) is 6.92 Å². The highest BCUT2D eigenvalue weighted by molar-refractivity contribution is 5.97. The molecule has 0 amide bonds. The number of aryl methyl sites for hydroxylation is 1. The maximum absolute atomic E-state index is 8.56. The van der Waals surface area contributed by atoms with Crippen molar-refractivity contribution in [1.29, 1.82) is 0 Å². The molecular weight excluding hydrogens is 274 g/mol. The third-order valence-corrected chi connectivity index (χ3v) is 2.66. The highest BCUT2D eigenvalue weighted by Gasteiger charge is 2.02. The summed E-state index contributed by atoms with van der Waals surface area (Å²) in [5.41, 5.74) is 6.11. The number of ether oxygens (including phenoxy) is 1. The van der Waals surface area contributed by atoms with E-state index in [1.54, 1.807) is 31.2 Å². The van der Waals surface area contributed by atoms with Crippen LogP contribution in [-0.4, -0.2) is 34.3 Å². The summed E-state index contributed by atoms with van der Waals surface area (Å²) in [7, 11) is 0. The van der Waals surface area contributed by atoms with Gasteiger partial charge in [0, 0.05) is 19.0 Å². The molecule has 0 aliphatic carbocycles. The first-order valence-corrected chi connectivity index (χ1v) is 6.39. The van der Waals surface area contributed by atoms with Gasteiger partial charge in [-0.15, -0.1) is 0 Å². The first-order chi connectivity index (χ1) is 10.2. The predicted octanol–water partition coefficient (Wildman–Crippen LogP) is 0.641. The Balaban J connectivity index is 1.69. The Morgan fingerprint density at radius 2 is 2.19 bits per heavy atom. The molecule has 112 valence electrons. The van der Waals surface area contributed by atoms with Gasteiger partial charge in [0.1, 0.15) is 12.4 Å². The van der Waals surface area contributed by atoms with Gasteiger partial charge in [0.15, 0.2) is 11.7 Å². The molecule has 0 unspecified atom stereocenters. The van der Waals surface area contributed by atoms with Gasteiger partial charge in [-0.05, 0) is 24.3 Å². The average molecular weight is 291 g/mol. The van der Waals surface area contributed by atoms with Crippen LogP contribution in [0.25, 0.3) is 0 Å². The molecule has 0 saturated carbocycles. The molecular formula is C13H17N5O3. The Morgan fingerprint density at radius 3 is 2.81 bits per heavy atom. The monoisotopic (exact) mass is 291 g/mol. The molecule has 0 bridgehead atoms. The Hall–Kier alpha value is -2.61. The lowest BCUT2D eigenvalue weighted by Gasteiger charge is -2.07. The van der Waals surface area contributed by atoms with Gasteiger partial charge in [-0.3, -0.25) is 0 Å². The maximum atomic E-state index is 8.56. The Kier molecular flexibility index (Phi) is 5.10. The lowest BCUT2D eigenvalue weighted by atomic mass is 10.2. The van der Waals surface area contributed by atoms with E-state index in [9.17, 15) is 0 Å². The molecule has 4 N–H and O–H groups in total. The number of benzene rings is 1. The molecule has 21 heavy (non-hydrogen) atoms. The number of rotatable bonds is 7. The maximum Gasteiger partial charge on any atom is 0.223 e. The number of amidine groups is 1. The molecule has 1 heterocycles. The lowest BCUT2D eigenvalue weighted by molar-refractivity contribution is 0.312. The molecule has 0 radical (unpaired) electrons. The van der Waals surface area contributed by atoms with Crippen molar-refractivity contribution in [2.45, 2.75) is 13.5 Å². The predicted molar refractivity (Wildman–Crippen MR) is 75.2 cm³/mol. The second-order valence-corrected chi connectivity index (χ2v) is 4.26. The van der Waals surface area contributed by atoms with Crippen molar-refractivity contribution >= 4 is 5.84 Å². The van der Waals surface area contributed by atoms with E-state index < -0.39 is 0 Å². The van der Waals surface area contributed by atoms with E-state index in [1.807, 2.05) is 0 Å². The zero-order valence-electron chi connectivity index (χ0n) is 11.6. The van der Waals surface area contributed by atoms with Crippen molar-refractivity contribution < 1.29 is 14.5 Å². The molecule has 8 heteroatoms. The Labute approximate surface area is 121 Å². The molecule has 0 fully saturated rings. The van der Waals surface area contributed by atoms with E-state index in [4.69, 9.17) is 20.2 Å². The van der Waals surface area contributed by atoms with Crippen LogP contribution in [0.1, 0.15) is 17.3 Å². The van der Waals surface area contributed by atoms with E-state index in [2.05, 4.69) is 20.6 Å². The van der Waals surface area contributed by atoms with E-state index in [0.29, 0.717) is 42.7 Å². The average Bonchev–Trinajstić information content (AvgIpc) is 2.92. The number of nitrogens with zero attached hydrogens (tertiary/aromatic N) is 3. The van der Waals surface area contributed by atoms with Crippen LogP contribution in [0.4, 0.5) is 0 Å². The minimum absolute atomic E-state index is 0.0682. The zero-order valence-corrected chi connectivity index (χ0v) is 11.6. The summed E-state index contributed by atoms with van der Waals surface area (Å²) in [5, 5.41) is 18.4. The fourth-order valence-corrected chi connectivity index (χ4v) is 1.63. The van der Waals surface area contributed by atoms with Crippen molar-refractivity contribution in [3.05, 3.63) is 41.5 Å². The van der Waals surface area contributed by atoms with Crippen LogP contribution in [0.2, 0.25) is 0 Å². The summed E-state index contributed by atoms with van der Waals surface area (Å²) in [5.74, 6) is 1.95. The highest BCUT2D eigenvalue weighted by atomic mass is 16.5. The zero-order chi connectivity index (χ0) is 15.1. The summed E-state index contributed by atoms with van der Waals surface area (Å²) in [4.78, 5) is 4.08. The van der Waals surface area contributed by atoms with E-state index in [-0.39, 0.29) is 5.84 Å². The fourth-order valence-electron chi connectivity index (χ4n) is 1.63. The van der Waals surface area contributed by atoms with E-state index in [1.165, 1.54) is 0 Å². The number of hydrogen-bond acceptors (Lipinski definition) is 7. The van der Waals surface area contributed by atoms with Crippen LogP contribution in [0.5, 0.6) is 5.75 Å². The van der Waals surface area contributed by atoms with Crippen molar-refractivity contribution in [3.8, 4) is 5.75 Å². The van der Waals surface area contributed by atoms with Crippen LogP contribution in [0.3, 0.4) is 0 Å². The smallest absolute Gasteiger partial charge is 0.223 e. The van der Waals surface area contributed by atoms with Gasteiger partial charge >= 0.3 is 0 Å². The van der Waals surface area contributed by atoms with Gasteiger partial charge in [-0.1, -0.05) is 10.3 Å². The molecule has 2 rings (SSSR count). The quantitative estimate of drug-likeness (QED) is 0.225. The Bertz CT molecular complexity index is 594. The highest BCUT2D eigenvalue weighted by Crippen LogP contribution is 2.11. The van der Waals surface area contributed by atoms with Crippen LogP contribution < -0.4 is 15.8 Å². The fraction of sp³-hybridized carbons (Fsp3) is 0.308.